The minimum atomic E-state index is -0.520. The molecule has 3 heterocycles. The molecular weight excluding hydrogens is 435 g/mol. The van der Waals surface area contributed by atoms with Crippen LogP contribution in [0.2, 0.25) is 0 Å². The van der Waals surface area contributed by atoms with Crippen LogP contribution in [0, 0.1) is 0 Å². The zero-order valence-corrected chi connectivity index (χ0v) is 21.6. The van der Waals surface area contributed by atoms with Gasteiger partial charge in [0, 0.05) is 44.3 Å². The number of hydrogen-bond donors (Lipinski definition) is 1. The van der Waals surface area contributed by atoms with E-state index in [2.05, 4.69) is 15.2 Å². The van der Waals surface area contributed by atoms with Crippen LogP contribution in [-0.4, -0.2) is 83.4 Å². The first-order valence-electron chi connectivity index (χ1n) is 12.1. The lowest BCUT2D eigenvalue weighted by molar-refractivity contribution is -0.116. The fourth-order valence-corrected chi connectivity index (χ4v) is 3.80. The summed E-state index contributed by atoms with van der Waals surface area (Å²) in [5.41, 5.74) is 0.0495. The van der Waals surface area contributed by atoms with Crippen molar-refractivity contribution >= 4 is 30.3 Å². The van der Waals surface area contributed by atoms with Crippen LogP contribution in [0.1, 0.15) is 61.3 Å². The number of hydrogen-bond acceptors (Lipinski definition) is 7. The van der Waals surface area contributed by atoms with Gasteiger partial charge in [0.2, 0.25) is 5.91 Å². The van der Waals surface area contributed by atoms with E-state index in [9.17, 15) is 9.59 Å². The molecule has 1 aromatic heterocycles. The summed E-state index contributed by atoms with van der Waals surface area (Å²) < 4.78 is 17.6. The van der Waals surface area contributed by atoms with E-state index in [1.807, 2.05) is 54.5 Å². The van der Waals surface area contributed by atoms with Gasteiger partial charge in [0.25, 0.3) is 0 Å². The van der Waals surface area contributed by atoms with Gasteiger partial charge in [-0.25, -0.2) is 4.79 Å². The lowest BCUT2D eigenvalue weighted by Gasteiger charge is -2.35. The predicted octanol–water partition coefficient (Wildman–Crippen LogP) is 2.65. The molecule has 0 bridgehead atoms. The van der Waals surface area contributed by atoms with E-state index in [0.717, 1.165) is 31.5 Å². The monoisotopic (exact) mass is 474 g/mol. The number of nitrogens with zero attached hydrogens (tertiary/aromatic N) is 3. The van der Waals surface area contributed by atoms with Gasteiger partial charge >= 0.3 is 13.2 Å². The Bertz CT molecular complexity index is 862. The Morgan fingerprint density at radius 3 is 2.29 bits per heavy atom. The van der Waals surface area contributed by atoms with Crippen molar-refractivity contribution in [2.24, 2.45) is 0 Å². The molecule has 0 unspecified atom stereocenters. The summed E-state index contributed by atoms with van der Waals surface area (Å²) in [5, 5.41) is 2.93. The SMILES string of the molecule is CC(C)(C)OC(=O)N1CCN(CCCC(=O)Nc2cncc(B3OC(C)(C)C(C)(C)O3)c2)CC1. The molecule has 2 saturated heterocycles. The number of carbonyl (C=O) groups excluding carboxylic acids is 2. The normalized spacial score (nSPS) is 20.3. The highest BCUT2D eigenvalue weighted by Crippen LogP contribution is 2.36. The number of anilines is 1. The van der Waals surface area contributed by atoms with Crippen LogP contribution in [-0.2, 0) is 18.8 Å². The number of pyridine rings is 1. The first-order chi connectivity index (χ1) is 15.8. The molecule has 9 nitrogen and oxygen atoms in total. The van der Waals surface area contributed by atoms with Crippen molar-refractivity contribution in [2.75, 3.05) is 38.0 Å². The van der Waals surface area contributed by atoms with E-state index in [-0.39, 0.29) is 12.0 Å². The Morgan fingerprint density at radius 1 is 1.09 bits per heavy atom. The summed E-state index contributed by atoms with van der Waals surface area (Å²) >= 11 is 0. The number of rotatable bonds is 6. The van der Waals surface area contributed by atoms with Crippen molar-refractivity contribution in [1.82, 2.24) is 14.8 Å². The van der Waals surface area contributed by atoms with E-state index in [1.54, 1.807) is 17.3 Å². The Hall–Kier alpha value is -2.17. The van der Waals surface area contributed by atoms with E-state index < -0.39 is 23.9 Å². The first kappa shape index (κ1) is 26.4. The van der Waals surface area contributed by atoms with Gasteiger partial charge in [0.1, 0.15) is 5.60 Å². The molecule has 0 aromatic carbocycles. The molecule has 1 aromatic rings. The minimum absolute atomic E-state index is 0.0553. The third-order valence-electron chi connectivity index (χ3n) is 6.47. The van der Waals surface area contributed by atoms with Crippen molar-refractivity contribution in [2.45, 2.75) is 78.1 Å². The average Bonchev–Trinajstić information content (AvgIpc) is 2.94. The van der Waals surface area contributed by atoms with Crippen molar-refractivity contribution in [1.29, 1.82) is 0 Å². The molecule has 0 saturated carbocycles. The second-order valence-electron chi connectivity index (χ2n) is 11.1. The van der Waals surface area contributed by atoms with E-state index in [1.165, 1.54) is 0 Å². The highest BCUT2D eigenvalue weighted by molar-refractivity contribution is 6.62. The number of amides is 2. The predicted molar refractivity (Wildman–Crippen MR) is 132 cm³/mol. The molecular formula is C24H39BN4O5. The van der Waals surface area contributed by atoms with Gasteiger partial charge in [-0.05, 0) is 67.5 Å². The third kappa shape index (κ3) is 6.93. The smallest absolute Gasteiger partial charge is 0.444 e. The molecule has 1 N–H and O–H groups in total. The molecule has 188 valence electrons. The van der Waals surface area contributed by atoms with Gasteiger partial charge in [-0.15, -0.1) is 0 Å². The topological polar surface area (TPSA) is 93.2 Å². The maximum absolute atomic E-state index is 12.5. The van der Waals surface area contributed by atoms with E-state index in [0.29, 0.717) is 25.2 Å². The third-order valence-corrected chi connectivity index (χ3v) is 6.47. The Balaban J connectivity index is 1.40. The molecule has 34 heavy (non-hydrogen) atoms. The van der Waals surface area contributed by atoms with Crippen LogP contribution in [0.5, 0.6) is 0 Å². The molecule has 0 spiro atoms. The lowest BCUT2D eigenvalue weighted by atomic mass is 9.80. The van der Waals surface area contributed by atoms with Crippen LogP contribution in [0.15, 0.2) is 18.5 Å². The van der Waals surface area contributed by atoms with Crippen molar-refractivity contribution in [3.8, 4) is 0 Å². The highest BCUT2D eigenvalue weighted by atomic mass is 16.7. The number of aromatic nitrogens is 1. The minimum Gasteiger partial charge on any atom is -0.444 e. The van der Waals surface area contributed by atoms with Crippen LogP contribution in [0.4, 0.5) is 10.5 Å². The molecule has 2 fully saturated rings. The first-order valence-corrected chi connectivity index (χ1v) is 12.1. The maximum atomic E-state index is 12.5. The summed E-state index contributed by atoms with van der Waals surface area (Å²) in [6.07, 6.45) is 4.22. The largest absolute Gasteiger partial charge is 0.496 e. The summed E-state index contributed by atoms with van der Waals surface area (Å²) in [4.78, 5) is 32.9. The Morgan fingerprint density at radius 2 is 1.71 bits per heavy atom. The van der Waals surface area contributed by atoms with Crippen molar-refractivity contribution < 1.29 is 23.6 Å². The zero-order valence-electron chi connectivity index (χ0n) is 21.6. The van der Waals surface area contributed by atoms with Crippen LogP contribution in [0.3, 0.4) is 0 Å². The average molecular weight is 474 g/mol. The van der Waals surface area contributed by atoms with Gasteiger partial charge in [-0.2, -0.15) is 0 Å². The molecule has 10 heteroatoms. The van der Waals surface area contributed by atoms with Gasteiger partial charge in [0.05, 0.1) is 23.1 Å². The molecule has 2 aliphatic rings. The number of nitrogens with one attached hydrogen (secondary N) is 1. The molecule has 0 radical (unpaired) electrons. The fourth-order valence-electron chi connectivity index (χ4n) is 3.80. The van der Waals surface area contributed by atoms with Gasteiger partial charge in [-0.1, -0.05) is 0 Å². The number of carbonyl (C=O) groups is 2. The van der Waals surface area contributed by atoms with Crippen LogP contribution in [0.25, 0.3) is 0 Å². The van der Waals surface area contributed by atoms with Gasteiger partial charge in [-0.3, -0.25) is 14.7 Å². The van der Waals surface area contributed by atoms with E-state index >= 15 is 0 Å². The Kier molecular flexibility index (Phi) is 7.94. The summed E-state index contributed by atoms with van der Waals surface area (Å²) in [6.45, 7) is 17.3. The van der Waals surface area contributed by atoms with Gasteiger partial charge in [0.15, 0.2) is 0 Å². The standard InChI is InChI=1S/C24H39BN4O5/c1-22(2,3)32-21(31)29-13-11-28(12-14-29)10-8-9-20(30)27-19-15-18(16-26-17-19)25-33-23(4,5)24(6,7)34-25/h15-17H,8-14H2,1-7H3,(H,27,30). The molecule has 2 amide bonds. The zero-order chi connectivity index (χ0) is 25.1. The summed E-state index contributed by atoms with van der Waals surface area (Å²) in [5.74, 6) is -0.0553. The second-order valence-corrected chi connectivity index (χ2v) is 11.1. The van der Waals surface area contributed by atoms with Crippen molar-refractivity contribution in [3.63, 3.8) is 0 Å². The number of piperazine rings is 1. The Labute approximate surface area is 203 Å². The second kappa shape index (κ2) is 10.2. The van der Waals surface area contributed by atoms with Crippen LogP contribution < -0.4 is 10.8 Å². The maximum Gasteiger partial charge on any atom is 0.496 e. The van der Waals surface area contributed by atoms with Crippen LogP contribution >= 0.6 is 0 Å². The molecule has 0 aliphatic carbocycles. The van der Waals surface area contributed by atoms with Crippen molar-refractivity contribution in [3.05, 3.63) is 18.5 Å². The summed E-state index contributed by atoms with van der Waals surface area (Å²) in [7, 11) is -0.520. The quantitative estimate of drug-likeness (QED) is 0.634. The number of ether oxygens (including phenoxy) is 1. The lowest BCUT2D eigenvalue weighted by Crippen LogP contribution is -2.50. The molecule has 2 aliphatic heterocycles. The highest BCUT2D eigenvalue weighted by Gasteiger charge is 2.51. The summed E-state index contributed by atoms with van der Waals surface area (Å²) in [6, 6.07) is 1.85. The van der Waals surface area contributed by atoms with Gasteiger partial charge < -0.3 is 24.3 Å². The molecule has 3 rings (SSSR count). The molecule has 0 atom stereocenters. The fraction of sp³-hybridized carbons (Fsp3) is 0.708. The van der Waals surface area contributed by atoms with E-state index in [4.69, 9.17) is 14.0 Å².